The van der Waals surface area contributed by atoms with Crippen molar-refractivity contribution in [3.05, 3.63) is 146 Å². The normalized spacial score (nSPS) is 13.0. The summed E-state index contributed by atoms with van der Waals surface area (Å²) in [6.45, 7) is 6.48. The Labute approximate surface area is 512 Å². The molecule has 1 unspecified atom stereocenters. The molecule has 0 aromatic carbocycles. The van der Waals surface area contributed by atoms with Gasteiger partial charge in [0.25, 0.3) is 0 Å². The predicted octanol–water partition coefficient (Wildman–Crippen LogP) is 23.9. The Hall–Kier alpha value is -4.71. The van der Waals surface area contributed by atoms with E-state index in [1.54, 1.807) is 0 Å². The molecule has 470 valence electrons. The van der Waals surface area contributed by atoms with Gasteiger partial charge < -0.3 is 14.2 Å². The Morgan fingerprint density at radius 1 is 0.253 bits per heavy atom. The summed E-state index contributed by atoms with van der Waals surface area (Å²) in [5, 5.41) is 0. The van der Waals surface area contributed by atoms with Crippen molar-refractivity contribution in [2.45, 2.75) is 309 Å². The summed E-state index contributed by atoms with van der Waals surface area (Å²) < 4.78 is 16.9. The van der Waals surface area contributed by atoms with Crippen molar-refractivity contribution in [1.29, 1.82) is 0 Å². The molecular formula is C77H126O6. The van der Waals surface area contributed by atoms with E-state index < -0.39 is 6.10 Å². The minimum Gasteiger partial charge on any atom is -0.462 e. The summed E-state index contributed by atoms with van der Waals surface area (Å²) in [5.41, 5.74) is 0. The Bertz CT molecular complexity index is 1800. The molecular weight excluding hydrogens is 1020 g/mol. The highest BCUT2D eigenvalue weighted by Crippen LogP contribution is 2.15. The van der Waals surface area contributed by atoms with E-state index >= 15 is 0 Å². The molecule has 0 fully saturated rings. The lowest BCUT2D eigenvalue weighted by molar-refractivity contribution is -0.167. The van der Waals surface area contributed by atoms with Crippen molar-refractivity contribution in [2.24, 2.45) is 0 Å². The molecule has 1 atom stereocenters. The van der Waals surface area contributed by atoms with Gasteiger partial charge in [-0.05, 0) is 148 Å². The number of allylic oxidation sites excluding steroid dienone is 24. The zero-order valence-corrected chi connectivity index (χ0v) is 53.9. The highest BCUT2D eigenvalue weighted by Gasteiger charge is 2.19. The highest BCUT2D eigenvalue weighted by atomic mass is 16.6. The summed E-state index contributed by atoms with van der Waals surface area (Å²) in [4.78, 5) is 38.3. The standard InChI is InChI=1S/C77H126O6/c1-4-7-10-13-16-19-22-25-28-29-30-31-32-33-34-35-36-37-38-39-40-41-42-43-44-45-46-47-50-52-55-58-61-64-67-70-76(79)82-73-74(83-77(80)71-68-65-62-59-56-53-49-27-24-21-18-15-12-9-6-3)72-81-75(78)69-66-63-60-57-54-51-48-26-23-20-17-14-11-8-5-2/h7,10,16,18-19,21,25-28,30-31,33-34,36-37,39-40,42-43,45-46,48-49,74H,4-6,8-9,11-15,17,20,22-24,29,32,35,38,41,44,47,50-73H2,1-3H3/b10-7-,19-16-,21-18-,28-25-,31-30-,34-33-,37-36-,40-39-,43-42-,46-45-,48-26-,49-27-. The lowest BCUT2D eigenvalue weighted by Crippen LogP contribution is -2.30. The smallest absolute Gasteiger partial charge is 0.306 e. The van der Waals surface area contributed by atoms with Crippen LogP contribution in [-0.4, -0.2) is 37.2 Å². The predicted molar refractivity (Wildman–Crippen MR) is 362 cm³/mol. The molecule has 0 aliphatic heterocycles. The number of hydrogen-bond donors (Lipinski definition) is 0. The molecule has 0 radical (unpaired) electrons. The van der Waals surface area contributed by atoms with Gasteiger partial charge in [0, 0.05) is 19.3 Å². The van der Waals surface area contributed by atoms with Crippen LogP contribution in [0.5, 0.6) is 0 Å². The van der Waals surface area contributed by atoms with Crippen molar-refractivity contribution < 1.29 is 28.6 Å². The Morgan fingerprint density at radius 2 is 0.470 bits per heavy atom. The average molecular weight is 1150 g/mol. The third-order valence-corrected chi connectivity index (χ3v) is 14.3. The van der Waals surface area contributed by atoms with Crippen LogP contribution in [0.1, 0.15) is 303 Å². The van der Waals surface area contributed by atoms with Gasteiger partial charge in [-0.25, -0.2) is 0 Å². The van der Waals surface area contributed by atoms with Crippen molar-refractivity contribution in [3.8, 4) is 0 Å². The Balaban J connectivity index is 4.31. The fourth-order valence-corrected chi connectivity index (χ4v) is 9.17. The number of hydrogen-bond acceptors (Lipinski definition) is 6. The van der Waals surface area contributed by atoms with Gasteiger partial charge in [0.1, 0.15) is 13.2 Å². The van der Waals surface area contributed by atoms with E-state index in [1.165, 1.54) is 109 Å². The summed E-state index contributed by atoms with van der Waals surface area (Å²) in [6.07, 6.45) is 100. The van der Waals surface area contributed by atoms with Crippen LogP contribution in [0.4, 0.5) is 0 Å². The van der Waals surface area contributed by atoms with Crippen molar-refractivity contribution in [2.75, 3.05) is 13.2 Å². The maximum Gasteiger partial charge on any atom is 0.306 e. The monoisotopic (exact) mass is 1150 g/mol. The number of carbonyl (C=O) groups excluding carboxylic acids is 3. The maximum absolute atomic E-state index is 12.9. The van der Waals surface area contributed by atoms with Gasteiger partial charge in [-0.15, -0.1) is 0 Å². The molecule has 83 heavy (non-hydrogen) atoms. The summed E-state index contributed by atoms with van der Waals surface area (Å²) in [7, 11) is 0. The van der Waals surface area contributed by atoms with Crippen molar-refractivity contribution in [1.82, 2.24) is 0 Å². The zero-order valence-electron chi connectivity index (χ0n) is 53.9. The molecule has 0 spiro atoms. The Morgan fingerprint density at radius 3 is 0.771 bits per heavy atom. The van der Waals surface area contributed by atoms with Crippen molar-refractivity contribution in [3.63, 3.8) is 0 Å². The molecule has 0 aliphatic carbocycles. The maximum atomic E-state index is 12.9. The van der Waals surface area contributed by atoms with Crippen LogP contribution in [0, 0.1) is 0 Å². The molecule has 0 aliphatic rings. The molecule has 0 heterocycles. The molecule has 0 aromatic heterocycles. The van der Waals surface area contributed by atoms with Crippen LogP contribution in [0.25, 0.3) is 0 Å². The number of carbonyl (C=O) groups is 3. The van der Waals surface area contributed by atoms with Gasteiger partial charge in [0.15, 0.2) is 6.10 Å². The van der Waals surface area contributed by atoms with Gasteiger partial charge in [-0.1, -0.05) is 282 Å². The minimum atomic E-state index is -0.799. The number of esters is 3. The molecule has 0 N–H and O–H groups in total. The molecule has 0 saturated carbocycles. The first-order valence-corrected chi connectivity index (χ1v) is 34.3. The SMILES string of the molecule is CC/C=C\C/C=C\C/C=C\C/C=C\C/C=C\C/C=C\C/C=C\C/C=C\C/C=C\CCCCCCCCCC(=O)OCC(COC(=O)CCCCCCC/C=C\CCCCCCCC)OC(=O)CCCCCCC/C=C\C/C=C\CCCCC. The van der Waals surface area contributed by atoms with Crippen LogP contribution in [0.2, 0.25) is 0 Å². The van der Waals surface area contributed by atoms with E-state index in [0.29, 0.717) is 19.3 Å². The second-order valence-electron chi connectivity index (χ2n) is 22.3. The van der Waals surface area contributed by atoms with Gasteiger partial charge in [-0.3, -0.25) is 14.4 Å². The average Bonchev–Trinajstić information content (AvgIpc) is 3.49. The summed E-state index contributed by atoms with van der Waals surface area (Å²) in [5.74, 6) is -0.924. The van der Waals surface area contributed by atoms with Gasteiger partial charge in [-0.2, -0.15) is 0 Å². The first-order valence-electron chi connectivity index (χ1n) is 34.3. The van der Waals surface area contributed by atoms with Crippen molar-refractivity contribution >= 4 is 17.9 Å². The molecule has 0 amide bonds. The summed E-state index contributed by atoms with van der Waals surface area (Å²) >= 11 is 0. The molecule has 0 aromatic rings. The van der Waals surface area contributed by atoms with Crippen LogP contribution in [-0.2, 0) is 28.6 Å². The first-order chi connectivity index (χ1) is 41.0. The van der Waals surface area contributed by atoms with Gasteiger partial charge >= 0.3 is 17.9 Å². The lowest BCUT2D eigenvalue weighted by atomic mass is 10.1. The van der Waals surface area contributed by atoms with E-state index in [9.17, 15) is 14.4 Å². The summed E-state index contributed by atoms with van der Waals surface area (Å²) in [6, 6.07) is 0. The molecule has 0 bridgehead atoms. The number of ether oxygens (including phenoxy) is 3. The second kappa shape index (κ2) is 69.8. The fraction of sp³-hybridized carbons (Fsp3) is 0.649. The highest BCUT2D eigenvalue weighted by molar-refractivity contribution is 5.71. The molecule has 6 nitrogen and oxygen atoms in total. The third-order valence-electron chi connectivity index (χ3n) is 14.3. The first kappa shape index (κ1) is 78.3. The van der Waals surface area contributed by atoms with Crippen LogP contribution < -0.4 is 0 Å². The second-order valence-corrected chi connectivity index (χ2v) is 22.3. The topological polar surface area (TPSA) is 78.9 Å². The fourth-order valence-electron chi connectivity index (χ4n) is 9.17. The number of rotatable bonds is 61. The lowest BCUT2D eigenvalue weighted by Gasteiger charge is -2.18. The zero-order chi connectivity index (χ0) is 59.9. The molecule has 0 rings (SSSR count). The van der Waals surface area contributed by atoms with Crippen LogP contribution in [0.3, 0.4) is 0 Å². The van der Waals surface area contributed by atoms with E-state index in [0.717, 1.165) is 154 Å². The van der Waals surface area contributed by atoms with Crippen LogP contribution >= 0.6 is 0 Å². The Kier molecular flexibility index (Phi) is 65.8. The van der Waals surface area contributed by atoms with Crippen LogP contribution in [0.15, 0.2) is 146 Å². The van der Waals surface area contributed by atoms with Gasteiger partial charge in [0.2, 0.25) is 0 Å². The number of unbranched alkanes of at least 4 members (excludes halogenated alkanes) is 26. The minimum absolute atomic E-state index is 0.0942. The largest absolute Gasteiger partial charge is 0.462 e. The van der Waals surface area contributed by atoms with E-state index in [1.807, 2.05) is 0 Å². The quantitative estimate of drug-likeness (QED) is 0.0261. The van der Waals surface area contributed by atoms with Gasteiger partial charge in [0.05, 0.1) is 0 Å². The van der Waals surface area contributed by atoms with E-state index in [2.05, 4.69) is 167 Å². The third kappa shape index (κ3) is 68.0. The molecule has 0 saturated heterocycles. The van der Waals surface area contributed by atoms with E-state index in [4.69, 9.17) is 14.2 Å². The molecule has 6 heteroatoms. The van der Waals surface area contributed by atoms with E-state index in [-0.39, 0.29) is 31.1 Å².